The molecule has 0 radical (unpaired) electrons. The number of rotatable bonds is 6. The largest absolute Gasteiger partial charge is 0.403 e. The summed E-state index contributed by atoms with van der Waals surface area (Å²) in [5.41, 5.74) is 0.836. The quantitative estimate of drug-likeness (QED) is 0.559. The maximum Gasteiger partial charge on any atom is 0.322 e. The smallest absolute Gasteiger partial charge is 0.322 e. The molecule has 0 bridgehead atoms. The van der Waals surface area contributed by atoms with Gasteiger partial charge in [0.1, 0.15) is 6.54 Å². The Bertz CT molecular complexity index is 1310. The Morgan fingerprint density at radius 3 is 2.31 bits per heavy atom. The highest BCUT2D eigenvalue weighted by Crippen LogP contribution is 2.25. The fourth-order valence-electron chi connectivity index (χ4n) is 3.15. The summed E-state index contributed by atoms with van der Waals surface area (Å²) in [5, 5.41) is 9.30. The highest BCUT2D eigenvalue weighted by Gasteiger charge is 2.36. The van der Waals surface area contributed by atoms with E-state index in [9.17, 15) is 22.8 Å². The molecule has 3 amide bonds. The molecule has 0 spiro atoms. The Morgan fingerprint density at radius 2 is 1.69 bits per heavy atom. The molecule has 32 heavy (non-hydrogen) atoms. The number of aromatic nitrogens is 2. The van der Waals surface area contributed by atoms with Crippen LogP contribution in [0.3, 0.4) is 0 Å². The number of imide groups is 1. The third-order valence-electron chi connectivity index (χ3n) is 4.88. The molecule has 11 heteroatoms. The second-order valence-corrected chi connectivity index (χ2v) is 9.83. The molecule has 1 N–H and O–H groups in total. The van der Waals surface area contributed by atoms with Crippen molar-refractivity contribution >= 4 is 33.6 Å². The normalized spacial score (nSPS) is 13.5. The van der Waals surface area contributed by atoms with E-state index in [2.05, 4.69) is 15.5 Å². The number of nitrogens with zero attached hydrogens (tertiary/aromatic N) is 3. The maximum absolute atomic E-state index is 12.4. The first kappa shape index (κ1) is 21.4. The summed E-state index contributed by atoms with van der Waals surface area (Å²) < 4.78 is 30.2. The fraction of sp³-hybridized carbons (Fsp3) is 0.190. The third kappa shape index (κ3) is 3.78. The molecule has 2 heterocycles. The van der Waals surface area contributed by atoms with Gasteiger partial charge in [-0.1, -0.05) is 23.3 Å². The summed E-state index contributed by atoms with van der Waals surface area (Å²) in [6.07, 6.45) is 0. The van der Waals surface area contributed by atoms with E-state index in [0.29, 0.717) is 5.56 Å². The van der Waals surface area contributed by atoms with Crippen LogP contribution in [0.2, 0.25) is 0 Å². The van der Waals surface area contributed by atoms with E-state index in [1.807, 2.05) is 0 Å². The van der Waals surface area contributed by atoms with E-state index in [-0.39, 0.29) is 27.9 Å². The highest BCUT2D eigenvalue weighted by atomic mass is 32.2. The second-order valence-electron chi connectivity index (χ2n) is 7.32. The van der Waals surface area contributed by atoms with Crippen LogP contribution >= 0.6 is 0 Å². The number of hydrogen-bond acceptors (Lipinski definition) is 8. The first-order chi connectivity index (χ1) is 15.2. The van der Waals surface area contributed by atoms with Crippen molar-refractivity contribution in [3.05, 3.63) is 59.7 Å². The Kier molecular flexibility index (Phi) is 5.35. The van der Waals surface area contributed by atoms with Gasteiger partial charge in [-0.15, -0.1) is 5.10 Å². The van der Waals surface area contributed by atoms with E-state index in [1.54, 1.807) is 38.1 Å². The van der Waals surface area contributed by atoms with Gasteiger partial charge in [0.2, 0.25) is 11.8 Å². The number of fused-ring (bicyclic) bond motifs is 1. The average molecular weight is 454 g/mol. The predicted molar refractivity (Wildman–Crippen MR) is 112 cm³/mol. The van der Waals surface area contributed by atoms with Crippen LogP contribution in [-0.4, -0.2) is 53.0 Å². The molecule has 0 atom stereocenters. The van der Waals surface area contributed by atoms with Crippen molar-refractivity contribution in [2.75, 3.05) is 11.9 Å². The lowest BCUT2D eigenvalue weighted by atomic mass is 10.1. The maximum atomic E-state index is 12.4. The monoisotopic (exact) mass is 454 g/mol. The van der Waals surface area contributed by atoms with Gasteiger partial charge >= 0.3 is 6.01 Å². The van der Waals surface area contributed by atoms with Crippen LogP contribution < -0.4 is 5.32 Å². The standard InChI is InChI=1S/C21H18N4O6S/c1-12(2)32(29,30)14-7-5-6-13(10-14)18-23-24-21(31-18)22-17(26)11-25-19(27)15-8-3-4-9-16(15)20(25)28/h3-10,12H,11H2,1-2H3,(H,22,24,26). The van der Waals surface area contributed by atoms with Gasteiger partial charge in [0.15, 0.2) is 9.84 Å². The predicted octanol–water partition coefficient (Wildman–Crippen LogP) is 2.15. The molecule has 1 aliphatic rings. The van der Waals surface area contributed by atoms with Gasteiger partial charge < -0.3 is 4.42 Å². The first-order valence-corrected chi connectivity index (χ1v) is 11.2. The lowest BCUT2D eigenvalue weighted by Crippen LogP contribution is -2.37. The van der Waals surface area contributed by atoms with Crippen molar-refractivity contribution in [2.45, 2.75) is 24.0 Å². The zero-order valence-corrected chi connectivity index (χ0v) is 17.9. The van der Waals surface area contributed by atoms with Crippen molar-refractivity contribution in [1.82, 2.24) is 15.1 Å². The number of nitrogens with one attached hydrogen (secondary N) is 1. The molecule has 2 aromatic carbocycles. The van der Waals surface area contributed by atoms with Gasteiger partial charge in [-0.3, -0.25) is 24.6 Å². The summed E-state index contributed by atoms with van der Waals surface area (Å²) in [7, 11) is -3.50. The molecule has 1 aromatic heterocycles. The Hall–Kier alpha value is -3.86. The van der Waals surface area contributed by atoms with Crippen molar-refractivity contribution in [3.8, 4) is 11.5 Å². The topological polar surface area (TPSA) is 140 Å². The van der Waals surface area contributed by atoms with Crippen molar-refractivity contribution in [2.24, 2.45) is 0 Å². The van der Waals surface area contributed by atoms with E-state index in [4.69, 9.17) is 4.42 Å². The minimum atomic E-state index is -3.50. The number of hydrogen-bond donors (Lipinski definition) is 1. The Labute approximate surface area is 183 Å². The molecule has 0 unspecified atom stereocenters. The van der Waals surface area contributed by atoms with E-state index in [0.717, 1.165) is 4.90 Å². The van der Waals surface area contributed by atoms with Gasteiger partial charge in [-0.2, -0.15) is 0 Å². The van der Waals surface area contributed by atoms with Crippen molar-refractivity contribution in [1.29, 1.82) is 0 Å². The number of carbonyl (C=O) groups excluding carboxylic acids is 3. The zero-order valence-electron chi connectivity index (χ0n) is 17.1. The minimum Gasteiger partial charge on any atom is -0.403 e. The van der Waals surface area contributed by atoms with Crippen LogP contribution in [0.25, 0.3) is 11.5 Å². The zero-order chi connectivity index (χ0) is 23.0. The molecular weight excluding hydrogens is 436 g/mol. The van der Waals surface area contributed by atoms with Crippen LogP contribution in [0.5, 0.6) is 0 Å². The van der Waals surface area contributed by atoms with E-state index in [1.165, 1.54) is 24.3 Å². The van der Waals surface area contributed by atoms with Crippen LogP contribution in [-0.2, 0) is 14.6 Å². The molecule has 3 aromatic rings. The van der Waals surface area contributed by atoms with Gasteiger partial charge in [0.05, 0.1) is 21.3 Å². The first-order valence-electron chi connectivity index (χ1n) is 9.61. The third-order valence-corrected chi connectivity index (χ3v) is 7.03. The lowest BCUT2D eigenvalue weighted by Gasteiger charge is -2.12. The van der Waals surface area contributed by atoms with Gasteiger partial charge in [-0.05, 0) is 44.2 Å². The average Bonchev–Trinajstić information content (AvgIpc) is 3.33. The van der Waals surface area contributed by atoms with Gasteiger partial charge in [0.25, 0.3) is 11.8 Å². The highest BCUT2D eigenvalue weighted by molar-refractivity contribution is 7.92. The van der Waals surface area contributed by atoms with Crippen molar-refractivity contribution in [3.63, 3.8) is 0 Å². The van der Waals surface area contributed by atoms with E-state index < -0.39 is 39.4 Å². The SMILES string of the molecule is CC(C)S(=O)(=O)c1cccc(-c2nnc(NC(=O)CN3C(=O)c4ccccc4C3=O)o2)c1. The summed E-state index contributed by atoms with van der Waals surface area (Å²) in [4.78, 5) is 38.0. The summed E-state index contributed by atoms with van der Waals surface area (Å²) >= 11 is 0. The molecule has 0 fully saturated rings. The molecule has 164 valence electrons. The summed E-state index contributed by atoms with van der Waals surface area (Å²) in [6, 6.07) is 12.1. The van der Waals surface area contributed by atoms with Crippen LogP contribution in [0.15, 0.2) is 57.8 Å². The Morgan fingerprint density at radius 1 is 1.03 bits per heavy atom. The lowest BCUT2D eigenvalue weighted by molar-refractivity contribution is -0.116. The number of sulfone groups is 1. The summed E-state index contributed by atoms with van der Waals surface area (Å²) in [6.45, 7) is 2.64. The number of carbonyl (C=O) groups is 3. The molecular formula is C21H18N4O6S. The number of anilines is 1. The molecule has 10 nitrogen and oxygen atoms in total. The van der Waals surface area contributed by atoms with Crippen LogP contribution in [0.1, 0.15) is 34.6 Å². The molecule has 0 aliphatic carbocycles. The second kappa shape index (κ2) is 8.00. The van der Waals surface area contributed by atoms with Gasteiger partial charge in [0, 0.05) is 5.56 Å². The minimum absolute atomic E-state index is 0.00170. The van der Waals surface area contributed by atoms with Crippen LogP contribution in [0, 0.1) is 0 Å². The van der Waals surface area contributed by atoms with Crippen LogP contribution in [0.4, 0.5) is 6.01 Å². The molecule has 0 saturated carbocycles. The fourth-order valence-corrected chi connectivity index (χ4v) is 4.26. The molecule has 4 rings (SSSR count). The number of amides is 3. The van der Waals surface area contributed by atoms with Crippen molar-refractivity contribution < 1.29 is 27.2 Å². The molecule has 1 aliphatic heterocycles. The molecule has 0 saturated heterocycles. The number of benzene rings is 2. The summed E-state index contributed by atoms with van der Waals surface area (Å²) in [5.74, 6) is -1.82. The van der Waals surface area contributed by atoms with E-state index >= 15 is 0 Å². The van der Waals surface area contributed by atoms with Gasteiger partial charge in [-0.25, -0.2) is 8.42 Å². The Balaban J connectivity index is 1.47.